The second-order valence-electron chi connectivity index (χ2n) is 4.22. The number of rotatable bonds is 8. The smallest absolute Gasteiger partial charge is 0.362 e. The second kappa shape index (κ2) is 6.99. The second-order valence-corrected chi connectivity index (χ2v) is 6.53. The molecule has 112 valence electrons. The molecule has 0 fully saturated rings. The van der Waals surface area contributed by atoms with Gasteiger partial charge in [-0.15, -0.1) is 0 Å². The van der Waals surface area contributed by atoms with Crippen molar-refractivity contribution in [1.29, 1.82) is 0 Å². The summed E-state index contributed by atoms with van der Waals surface area (Å²) in [5, 5.41) is 7.31. The molecule has 1 aromatic carbocycles. The van der Waals surface area contributed by atoms with Gasteiger partial charge in [0, 0.05) is 6.42 Å². The largest absolute Gasteiger partial charge is 0.479 e. The summed E-state index contributed by atoms with van der Waals surface area (Å²) in [7, 11) is -3.98. The van der Waals surface area contributed by atoms with Crippen molar-refractivity contribution in [1.82, 2.24) is 0 Å². The average molecular weight is 301 g/mol. The van der Waals surface area contributed by atoms with E-state index in [0.29, 0.717) is 5.56 Å². The van der Waals surface area contributed by atoms with Crippen molar-refractivity contribution in [2.75, 3.05) is 13.2 Å². The van der Waals surface area contributed by atoms with Crippen LogP contribution in [0.4, 0.5) is 0 Å². The van der Waals surface area contributed by atoms with E-state index in [2.05, 4.69) is 0 Å². The van der Waals surface area contributed by atoms with Gasteiger partial charge in [-0.1, -0.05) is 30.3 Å². The van der Waals surface area contributed by atoms with E-state index in [9.17, 15) is 14.5 Å². The number of aliphatic carboxylic acids is 1. The highest BCUT2D eigenvalue weighted by Gasteiger charge is 2.54. The Balaban J connectivity index is 3.18. The average Bonchev–Trinajstić information content (AvgIpc) is 2.40. The van der Waals surface area contributed by atoms with Gasteiger partial charge in [-0.2, -0.15) is 0 Å². The van der Waals surface area contributed by atoms with Crippen molar-refractivity contribution in [3.63, 3.8) is 0 Å². The monoisotopic (exact) mass is 301 g/mol. The van der Waals surface area contributed by atoms with Crippen molar-refractivity contribution >= 4 is 13.6 Å². The molecule has 0 radical (unpaired) electrons. The van der Waals surface area contributed by atoms with Crippen LogP contribution in [-0.2, 0) is 24.8 Å². The van der Waals surface area contributed by atoms with Crippen LogP contribution in [0.1, 0.15) is 19.4 Å². The van der Waals surface area contributed by atoms with Gasteiger partial charge >= 0.3 is 13.6 Å². The summed E-state index contributed by atoms with van der Waals surface area (Å²) in [6.45, 7) is 3.32. The fraction of sp³-hybridized carbons (Fsp3) is 0.462. The highest BCUT2D eigenvalue weighted by atomic mass is 31.2. The third-order valence-corrected chi connectivity index (χ3v) is 5.30. The number of hydrogen-bond donors (Lipinski definition) is 2. The Morgan fingerprint density at radius 3 is 2.15 bits per heavy atom. The Labute approximate surface area is 118 Å². The molecule has 0 aliphatic heterocycles. The van der Waals surface area contributed by atoms with Crippen LogP contribution in [0.2, 0.25) is 0 Å². The lowest BCUT2D eigenvalue weighted by atomic mass is 10.1. The zero-order valence-electron chi connectivity index (χ0n) is 11.6. The van der Waals surface area contributed by atoms with E-state index in [1.54, 1.807) is 44.2 Å². The van der Waals surface area contributed by atoms with E-state index in [-0.39, 0.29) is 19.6 Å². The van der Waals surface area contributed by atoms with E-state index in [0.717, 1.165) is 0 Å². The van der Waals surface area contributed by atoms with Gasteiger partial charge in [-0.25, -0.2) is 4.79 Å². The fourth-order valence-electron chi connectivity index (χ4n) is 1.80. The van der Waals surface area contributed by atoms with Gasteiger partial charge < -0.3 is 19.9 Å². The van der Waals surface area contributed by atoms with Crippen molar-refractivity contribution in [2.45, 2.75) is 25.5 Å². The predicted molar refractivity (Wildman–Crippen MR) is 75.6 cm³/mol. The fourth-order valence-corrected chi connectivity index (χ4v) is 3.63. The Kier molecular flexibility index (Phi) is 5.89. The Morgan fingerprint density at radius 1 is 1.25 bits per heavy atom. The van der Waals surface area contributed by atoms with Crippen LogP contribution in [0.25, 0.3) is 0 Å². The molecule has 0 aliphatic rings. The first-order valence-corrected chi connectivity index (χ1v) is 7.89. The third kappa shape index (κ3) is 3.46. The van der Waals surface area contributed by atoms with Crippen LogP contribution in [0.3, 0.4) is 0 Å². The van der Waals surface area contributed by atoms with Crippen LogP contribution in [0.15, 0.2) is 30.3 Å². The van der Waals surface area contributed by atoms with Gasteiger partial charge in [-0.3, -0.25) is 4.57 Å². The minimum atomic E-state index is -3.98. The summed E-state index contributed by atoms with van der Waals surface area (Å²) < 4.78 is 22.9. The molecule has 3 N–H and O–H groups in total. The molecular weight excluding hydrogens is 281 g/mol. The van der Waals surface area contributed by atoms with E-state index in [1.807, 2.05) is 0 Å². The number of carboxylic acid groups (broad SMARTS) is 1. The summed E-state index contributed by atoms with van der Waals surface area (Å²) in [5.41, 5.74) is 6.56. The summed E-state index contributed by atoms with van der Waals surface area (Å²) in [4.78, 5) is 11.6. The Morgan fingerprint density at radius 2 is 1.75 bits per heavy atom. The lowest BCUT2D eigenvalue weighted by Gasteiger charge is -2.32. The molecule has 1 atom stereocenters. The van der Waals surface area contributed by atoms with Crippen molar-refractivity contribution in [3.05, 3.63) is 35.9 Å². The first-order valence-electron chi connectivity index (χ1n) is 6.35. The zero-order valence-corrected chi connectivity index (χ0v) is 12.5. The van der Waals surface area contributed by atoms with E-state index in [4.69, 9.17) is 14.8 Å². The first-order chi connectivity index (χ1) is 9.39. The SMILES string of the molecule is CCOP(=O)(OCC)C(N)(Cc1ccccc1)C(=O)O. The van der Waals surface area contributed by atoms with Gasteiger partial charge in [0.2, 0.25) is 5.28 Å². The van der Waals surface area contributed by atoms with Gasteiger partial charge in [0.15, 0.2) is 0 Å². The molecule has 0 aromatic heterocycles. The molecular formula is C13H20NO5P. The van der Waals surface area contributed by atoms with E-state index < -0.39 is 18.8 Å². The first kappa shape index (κ1) is 16.9. The molecule has 0 saturated heterocycles. The molecule has 7 heteroatoms. The molecule has 20 heavy (non-hydrogen) atoms. The third-order valence-electron chi connectivity index (χ3n) is 2.77. The summed E-state index contributed by atoms with van der Waals surface area (Å²) in [5.74, 6) is -1.41. The van der Waals surface area contributed by atoms with Crippen LogP contribution < -0.4 is 5.73 Å². The molecule has 1 rings (SSSR count). The molecule has 6 nitrogen and oxygen atoms in total. The van der Waals surface area contributed by atoms with Crippen LogP contribution in [0, 0.1) is 0 Å². The number of benzene rings is 1. The number of carbonyl (C=O) groups is 1. The zero-order chi connectivity index (χ0) is 15.2. The Hall–Kier alpha value is -1.20. The van der Waals surface area contributed by atoms with Crippen LogP contribution >= 0.6 is 7.60 Å². The van der Waals surface area contributed by atoms with Crippen molar-refractivity contribution < 1.29 is 23.5 Å². The van der Waals surface area contributed by atoms with E-state index >= 15 is 0 Å². The highest BCUT2D eigenvalue weighted by molar-refractivity contribution is 7.56. The summed E-state index contributed by atoms with van der Waals surface area (Å²) in [6, 6.07) is 8.74. The minimum Gasteiger partial charge on any atom is -0.479 e. The molecule has 0 amide bonds. The number of nitrogens with two attached hydrogens (primary N) is 1. The van der Waals surface area contributed by atoms with Crippen LogP contribution in [-0.4, -0.2) is 29.6 Å². The standard InChI is InChI=1S/C13H20NO5P/c1-3-18-20(17,19-4-2)13(14,12(15)16)10-11-8-6-5-7-9-11/h5-9H,3-4,10,14H2,1-2H3,(H,15,16). The van der Waals surface area contributed by atoms with Gasteiger partial charge in [0.1, 0.15) is 0 Å². The maximum Gasteiger partial charge on any atom is 0.362 e. The van der Waals surface area contributed by atoms with E-state index in [1.165, 1.54) is 0 Å². The van der Waals surface area contributed by atoms with Crippen LogP contribution in [0.5, 0.6) is 0 Å². The Bertz CT molecular complexity index is 483. The summed E-state index contributed by atoms with van der Waals surface area (Å²) >= 11 is 0. The molecule has 0 bridgehead atoms. The quantitative estimate of drug-likeness (QED) is 0.714. The molecule has 0 aliphatic carbocycles. The lowest BCUT2D eigenvalue weighted by Crippen LogP contribution is -2.50. The lowest BCUT2D eigenvalue weighted by molar-refractivity contribution is -0.140. The van der Waals surface area contributed by atoms with Gasteiger partial charge in [0.25, 0.3) is 0 Å². The topological polar surface area (TPSA) is 98.9 Å². The van der Waals surface area contributed by atoms with Crippen molar-refractivity contribution in [2.24, 2.45) is 5.73 Å². The molecule has 1 unspecified atom stereocenters. The highest BCUT2D eigenvalue weighted by Crippen LogP contribution is 2.58. The normalized spacial score (nSPS) is 14.8. The minimum absolute atomic E-state index is 0.0539. The maximum absolute atomic E-state index is 12.7. The maximum atomic E-state index is 12.7. The summed E-state index contributed by atoms with van der Waals surface area (Å²) in [6.07, 6.45) is -0.138. The predicted octanol–water partition coefficient (Wildman–Crippen LogP) is 2.23. The van der Waals surface area contributed by atoms with Gasteiger partial charge in [0.05, 0.1) is 13.2 Å². The van der Waals surface area contributed by atoms with Gasteiger partial charge in [-0.05, 0) is 19.4 Å². The molecule has 0 heterocycles. The number of hydrogen-bond acceptors (Lipinski definition) is 5. The number of carboxylic acids is 1. The molecule has 0 spiro atoms. The molecule has 1 aromatic rings. The molecule has 0 saturated carbocycles. The van der Waals surface area contributed by atoms with Crippen molar-refractivity contribution in [3.8, 4) is 0 Å².